The maximum absolute atomic E-state index is 5.95. The highest BCUT2D eigenvalue weighted by Gasteiger charge is 2.19. The zero-order valence-electron chi connectivity index (χ0n) is 11.4. The van der Waals surface area contributed by atoms with E-state index < -0.39 is 0 Å². The van der Waals surface area contributed by atoms with Crippen LogP contribution in [0, 0.1) is 0 Å². The molecule has 0 heterocycles. The van der Waals surface area contributed by atoms with E-state index in [0.29, 0.717) is 13.5 Å². The van der Waals surface area contributed by atoms with Crippen LogP contribution in [0.25, 0.3) is 0 Å². The van der Waals surface area contributed by atoms with Crippen molar-refractivity contribution in [1.29, 1.82) is 0 Å². The molecule has 0 radical (unpaired) electrons. The second-order valence-electron chi connectivity index (χ2n) is 4.37. The second kappa shape index (κ2) is 8.32. The van der Waals surface area contributed by atoms with Gasteiger partial charge in [0.1, 0.15) is 0 Å². The summed E-state index contributed by atoms with van der Waals surface area (Å²) in [6.45, 7) is 8.88. The summed E-state index contributed by atoms with van der Waals surface area (Å²) in [7, 11) is 0. The Balaban J connectivity index is 2.49. The molecule has 0 fully saturated rings. The molecule has 0 amide bonds. The van der Waals surface area contributed by atoms with Gasteiger partial charge in [-0.15, -0.1) is 0 Å². The molecule has 0 aliphatic carbocycles. The van der Waals surface area contributed by atoms with Crippen molar-refractivity contribution in [3.8, 4) is 0 Å². The smallest absolute Gasteiger partial charge is 0.255 e. The van der Waals surface area contributed by atoms with Crippen LogP contribution in [0.1, 0.15) is 32.8 Å². The van der Waals surface area contributed by atoms with Crippen molar-refractivity contribution in [3.05, 3.63) is 35.9 Å². The Morgan fingerprint density at radius 2 is 1.71 bits per heavy atom. The van der Waals surface area contributed by atoms with Crippen LogP contribution < -0.4 is 0 Å². The fourth-order valence-corrected chi connectivity index (χ4v) is 2.00. The zero-order chi connectivity index (χ0) is 12.5. The van der Waals surface area contributed by atoms with Crippen LogP contribution in [0.3, 0.4) is 0 Å². The lowest BCUT2D eigenvalue weighted by Crippen LogP contribution is -2.38. The minimum absolute atomic E-state index is 0.540. The van der Waals surface area contributed by atoms with E-state index in [1.807, 2.05) is 6.07 Å². The van der Waals surface area contributed by atoms with Crippen molar-refractivity contribution < 1.29 is 4.84 Å². The molecule has 1 aromatic carbocycles. The Morgan fingerprint density at radius 1 is 1.06 bits per heavy atom. The van der Waals surface area contributed by atoms with Crippen LogP contribution in [0.4, 0.5) is 0 Å². The highest BCUT2D eigenvalue weighted by molar-refractivity contribution is 6.55. The maximum atomic E-state index is 5.95. The molecule has 0 saturated heterocycles. The predicted octanol–water partition coefficient (Wildman–Crippen LogP) is 3.86. The highest BCUT2D eigenvalue weighted by Crippen LogP contribution is 2.10. The van der Waals surface area contributed by atoms with Crippen molar-refractivity contribution in [2.45, 2.75) is 46.4 Å². The van der Waals surface area contributed by atoms with Gasteiger partial charge in [0.15, 0.2) is 0 Å². The molecule has 0 atom stereocenters. The van der Waals surface area contributed by atoms with Crippen LogP contribution >= 0.6 is 0 Å². The third kappa shape index (κ3) is 4.92. The summed E-state index contributed by atoms with van der Waals surface area (Å²) in [4.78, 5) is 8.11. The van der Waals surface area contributed by atoms with E-state index in [9.17, 15) is 0 Å². The Morgan fingerprint density at radius 3 is 2.24 bits per heavy atom. The molecule has 1 aromatic rings. The summed E-state index contributed by atoms with van der Waals surface area (Å²) >= 11 is 0. The molecule has 2 nitrogen and oxygen atoms in total. The third-order valence-electron chi connectivity index (χ3n) is 3.03. The number of hydrogen-bond acceptors (Lipinski definition) is 2. The molecule has 0 N–H and O–H groups in total. The summed E-state index contributed by atoms with van der Waals surface area (Å²) in [6.07, 6.45) is 3.42. The first-order chi connectivity index (χ1) is 8.31. The Hall–Kier alpha value is -0.795. The standard InChI is InChI=1S/C14H24BNO/c1-4-12-16(15(5-2)6-3)17-13-14-10-8-7-9-11-14/h7-11H,4-6,12-13H2,1-3H3. The summed E-state index contributed by atoms with van der Waals surface area (Å²) in [6, 6.07) is 10.4. The maximum Gasteiger partial charge on any atom is 0.255 e. The van der Waals surface area contributed by atoms with Crippen molar-refractivity contribution in [2.75, 3.05) is 6.54 Å². The van der Waals surface area contributed by atoms with E-state index in [1.165, 1.54) is 5.56 Å². The van der Waals surface area contributed by atoms with Gasteiger partial charge >= 0.3 is 0 Å². The number of benzene rings is 1. The SMILES string of the molecule is CCCN(OCc1ccccc1)B(CC)CC. The van der Waals surface area contributed by atoms with Crippen LogP contribution in [0.15, 0.2) is 30.3 Å². The van der Waals surface area contributed by atoms with Gasteiger partial charge in [0.05, 0.1) is 6.61 Å². The number of hydrogen-bond donors (Lipinski definition) is 0. The Labute approximate surface area is 106 Å². The predicted molar refractivity (Wildman–Crippen MR) is 74.9 cm³/mol. The number of rotatable bonds is 8. The van der Waals surface area contributed by atoms with Gasteiger partial charge < -0.3 is 4.84 Å². The van der Waals surface area contributed by atoms with Gasteiger partial charge in [-0.05, 0) is 12.0 Å². The zero-order valence-corrected chi connectivity index (χ0v) is 11.4. The lowest BCUT2D eigenvalue weighted by atomic mass is 9.57. The quantitative estimate of drug-likeness (QED) is 0.499. The first-order valence-corrected chi connectivity index (χ1v) is 6.75. The van der Waals surface area contributed by atoms with Gasteiger partial charge in [-0.2, -0.15) is 0 Å². The van der Waals surface area contributed by atoms with Crippen LogP contribution in [0.5, 0.6) is 0 Å². The van der Waals surface area contributed by atoms with Crippen molar-refractivity contribution in [2.24, 2.45) is 0 Å². The lowest BCUT2D eigenvalue weighted by Gasteiger charge is -2.27. The minimum atomic E-state index is 0.540. The van der Waals surface area contributed by atoms with E-state index >= 15 is 0 Å². The van der Waals surface area contributed by atoms with Crippen molar-refractivity contribution in [3.63, 3.8) is 0 Å². The van der Waals surface area contributed by atoms with Gasteiger partial charge in [0.2, 0.25) is 0 Å². The molecule has 0 aromatic heterocycles. The molecule has 17 heavy (non-hydrogen) atoms. The van der Waals surface area contributed by atoms with E-state index in [1.54, 1.807) is 0 Å². The number of nitrogens with zero attached hydrogens (tertiary/aromatic N) is 1. The van der Waals surface area contributed by atoms with Crippen molar-refractivity contribution >= 4 is 6.85 Å². The normalized spacial score (nSPS) is 10.8. The monoisotopic (exact) mass is 233 g/mol. The fourth-order valence-electron chi connectivity index (χ4n) is 2.00. The van der Waals surface area contributed by atoms with E-state index in [0.717, 1.165) is 25.6 Å². The molecule has 1 rings (SSSR count). The van der Waals surface area contributed by atoms with Gasteiger partial charge in [0, 0.05) is 6.54 Å². The highest BCUT2D eigenvalue weighted by atomic mass is 16.7. The molecule has 0 spiro atoms. The molecule has 0 bridgehead atoms. The second-order valence-corrected chi connectivity index (χ2v) is 4.37. The third-order valence-corrected chi connectivity index (χ3v) is 3.03. The average Bonchev–Trinajstić information content (AvgIpc) is 2.38. The van der Waals surface area contributed by atoms with Gasteiger partial charge in [0.25, 0.3) is 6.85 Å². The molecule has 0 aliphatic rings. The minimum Gasteiger partial charge on any atom is -0.306 e. The summed E-state index contributed by atoms with van der Waals surface area (Å²) < 4.78 is 0. The van der Waals surface area contributed by atoms with Crippen molar-refractivity contribution in [1.82, 2.24) is 4.97 Å². The molecule has 94 valence electrons. The molecule has 3 heteroatoms. The van der Waals surface area contributed by atoms with E-state index in [2.05, 4.69) is 50.0 Å². The topological polar surface area (TPSA) is 12.5 Å². The first kappa shape index (κ1) is 14.3. The van der Waals surface area contributed by atoms with E-state index in [4.69, 9.17) is 4.84 Å². The molecule has 0 unspecified atom stereocenters. The summed E-state index contributed by atoms with van der Waals surface area (Å²) in [5, 5.41) is 0. The molecular weight excluding hydrogens is 209 g/mol. The van der Waals surface area contributed by atoms with Crippen LogP contribution in [-0.4, -0.2) is 18.4 Å². The van der Waals surface area contributed by atoms with Gasteiger partial charge in [-0.25, -0.2) is 4.97 Å². The Kier molecular flexibility index (Phi) is 6.98. The average molecular weight is 233 g/mol. The first-order valence-electron chi connectivity index (χ1n) is 6.75. The van der Waals surface area contributed by atoms with E-state index in [-0.39, 0.29) is 0 Å². The molecule has 0 saturated carbocycles. The summed E-state index contributed by atoms with van der Waals surface area (Å²) in [5.74, 6) is 0. The molecule has 0 aliphatic heterocycles. The lowest BCUT2D eigenvalue weighted by molar-refractivity contribution is -0.104. The number of hydroxylamine groups is 1. The fraction of sp³-hybridized carbons (Fsp3) is 0.571. The van der Waals surface area contributed by atoms with Crippen LogP contribution in [0.2, 0.25) is 12.6 Å². The molecular formula is C14H24BNO. The Bertz CT molecular complexity index is 288. The summed E-state index contributed by atoms with van der Waals surface area (Å²) in [5.41, 5.74) is 1.24. The largest absolute Gasteiger partial charge is 0.306 e. The van der Waals surface area contributed by atoms with Crippen LogP contribution in [-0.2, 0) is 11.4 Å². The van der Waals surface area contributed by atoms with Gasteiger partial charge in [-0.3, -0.25) is 0 Å². The van der Waals surface area contributed by atoms with Gasteiger partial charge in [-0.1, -0.05) is 63.7 Å².